The summed E-state index contributed by atoms with van der Waals surface area (Å²) in [5, 5.41) is 15.2. The van der Waals surface area contributed by atoms with E-state index in [9.17, 15) is 9.59 Å². The molecule has 0 aliphatic rings. The molecule has 0 spiro atoms. The number of amides is 1. The van der Waals surface area contributed by atoms with Crippen molar-refractivity contribution >= 4 is 17.6 Å². The van der Waals surface area contributed by atoms with Crippen LogP contribution in [0.4, 0.5) is 5.69 Å². The Morgan fingerprint density at radius 2 is 1.95 bits per heavy atom. The molecule has 2 aromatic rings. The van der Waals surface area contributed by atoms with Crippen LogP contribution >= 0.6 is 0 Å². The highest BCUT2D eigenvalue weighted by Crippen LogP contribution is 2.15. The fourth-order valence-electron chi connectivity index (χ4n) is 1.88. The lowest BCUT2D eigenvalue weighted by Gasteiger charge is -2.06. The van der Waals surface area contributed by atoms with Crippen LogP contribution in [-0.2, 0) is 11.3 Å². The Hall–Kier alpha value is -2.63. The van der Waals surface area contributed by atoms with Crippen molar-refractivity contribution in [3.63, 3.8) is 0 Å². The first-order chi connectivity index (χ1) is 9.95. The van der Waals surface area contributed by atoms with Crippen LogP contribution in [0.15, 0.2) is 36.7 Å². The highest BCUT2D eigenvalue weighted by atomic mass is 16.4. The Morgan fingerprint density at radius 3 is 2.52 bits per heavy atom. The van der Waals surface area contributed by atoms with Gasteiger partial charge in [-0.3, -0.25) is 14.3 Å². The minimum Gasteiger partial charge on any atom is -0.480 e. The van der Waals surface area contributed by atoms with Gasteiger partial charge in [-0.2, -0.15) is 5.10 Å². The van der Waals surface area contributed by atoms with Gasteiger partial charge in [0, 0.05) is 11.8 Å². The van der Waals surface area contributed by atoms with Gasteiger partial charge in [0.1, 0.15) is 6.54 Å². The molecule has 1 aromatic carbocycles. The standard InChI is InChI=1S/C15H17N3O3/c1-10(2)11-3-5-12(6-4-11)15(21)17-13-7-16-18(8-13)9-14(19)20/h3-8,10H,9H2,1-2H3,(H,17,21)(H,19,20). The fourth-order valence-corrected chi connectivity index (χ4v) is 1.88. The molecule has 2 N–H and O–H groups in total. The molecule has 1 amide bonds. The lowest BCUT2D eigenvalue weighted by Crippen LogP contribution is -2.12. The molecule has 1 aromatic heterocycles. The van der Waals surface area contributed by atoms with Crippen molar-refractivity contribution in [2.45, 2.75) is 26.3 Å². The van der Waals surface area contributed by atoms with E-state index in [1.54, 1.807) is 12.1 Å². The third-order valence-corrected chi connectivity index (χ3v) is 3.03. The molecule has 0 aliphatic carbocycles. The van der Waals surface area contributed by atoms with Crippen molar-refractivity contribution in [3.8, 4) is 0 Å². The van der Waals surface area contributed by atoms with E-state index in [2.05, 4.69) is 24.3 Å². The number of carboxylic acids is 1. The zero-order valence-corrected chi connectivity index (χ0v) is 11.9. The first kappa shape index (κ1) is 14.8. The first-order valence-corrected chi connectivity index (χ1v) is 6.61. The van der Waals surface area contributed by atoms with Gasteiger partial charge in [0.25, 0.3) is 5.91 Å². The monoisotopic (exact) mass is 287 g/mol. The maximum absolute atomic E-state index is 12.1. The second kappa shape index (κ2) is 6.21. The van der Waals surface area contributed by atoms with Crippen LogP contribution in [0.1, 0.15) is 35.7 Å². The van der Waals surface area contributed by atoms with Crippen LogP contribution in [0.25, 0.3) is 0 Å². The fraction of sp³-hybridized carbons (Fsp3) is 0.267. The minimum absolute atomic E-state index is 0.237. The lowest BCUT2D eigenvalue weighted by atomic mass is 10.0. The van der Waals surface area contributed by atoms with E-state index in [1.165, 1.54) is 22.6 Å². The van der Waals surface area contributed by atoms with Gasteiger partial charge in [0.05, 0.1) is 11.9 Å². The Kier molecular flexibility index (Phi) is 4.37. The normalized spacial score (nSPS) is 10.6. The van der Waals surface area contributed by atoms with Gasteiger partial charge < -0.3 is 10.4 Å². The van der Waals surface area contributed by atoms with E-state index >= 15 is 0 Å². The van der Waals surface area contributed by atoms with E-state index in [0.29, 0.717) is 17.2 Å². The smallest absolute Gasteiger partial charge is 0.325 e. The Bertz CT molecular complexity index is 644. The summed E-state index contributed by atoms with van der Waals surface area (Å²) in [7, 11) is 0. The van der Waals surface area contributed by atoms with Crippen LogP contribution in [0.5, 0.6) is 0 Å². The maximum atomic E-state index is 12.1. The van der Waals surface area contributed by atoms with E-state index in [-0.39, 0.29) is 12.5 Å². The van der Waals surface area contributed by atoms with Crippen molar-refractivity contribution < 1.29 is 14.7 Å². The molecule has 0 radical (unpaired) electrons. The number of nitrogens with one attached hydrogen (secondary N) is 1. The molecule has 6 heteroatoms. The molecule has 1 heterocycles. The van der Waals surface area contributed by atoms with Gasteiger partial charge >= 0.3 is 5.97 Å². The van der Waals surface area contributed by atoms with Crippen molar-refractivity contribution in [1.82, 2.24) is 9.78 Å². The van der Waals surface area contributed by atoms with E-state index in [1.807, 2.05) is 12.1 Å². The largest absolute Gasteiger partial charge is 0.480 e. The summed E-state index contributed by atoms with van der Waals surface area (Å²) in [5.41, 5.74) is 2.18. The van der Waals surface area contributed by atoms with Crippen molar-refractivity contribution in [2.24, 2.45) is 0 Å². The zero-order valence-electron chi connectivity index (χ0n) is 11.9. The summed E-state index contributed by atoms with van der Waals surface area (Å²) < 4.78 is 1.25. The quantitative estimate of drug-likeness (QED) is 0.884. The Morgan fingerprint density at radius 1 is 1.29 bits per heavy atom. The van der Waals surface area contributed by atoms with E-state index < -0.39 is 5.97 Å². The molecule has 0 fully saturated rings. The number of carbonyl (C=O) groups excluding carboxylic acids is 1. The zero-order chi connectivity index (χ0) is 15.4. The summed E-state index contributed by atoms with van der Waals surface area (Å²) in [4.78, 5) is 22.6. The molecular weight excluding hydrogens is 270 g/mol. The van der Waals surface area contributed by atoms with Crippen LogP contribution in [0.2, 0.25) is 0 Å². The van der Waals surface area contributed by atoms with Crippen LogP contribution in [0, 0.1) is 0 Å². The molecule has 0 aliphatic heterocycles. The molecule has 0 atom stereocenters. The number of rotatable bonds is 5. The van der Waals surface area contributed by atoms with Gasteiger partial charge in [-0.15, -0.1) is 0 Å². The van der Waals surface area contributed by atoms with Gasteiger partial charge in [0.2, 0.25) is 0 Å². The highest BCUT2D eigenvalue weighted by molar-refractivity contribution is 6.04. The second-order valence-corrected chi connectivity index (χ2v) is 5.05. The number of nitrogens with zero attached hydrogens (tertiary/aromatic N) is 2. The number of carbonyl (C=O) groups is 2. The molecular formula is C15H17N3O3. The van der Waals surface area contributed by atoms with E-state index in [0.717, 1.165) is 0 Å². The SMILES string of the molecule is CC(C)c1ccc(C(=O)Nc2cnn(CC(=O)O)c2)cc1. The second-order valence-electron chi connectivity index (χ2n) is 5.05. The van der Waals surface area contributed by atoms with Crippen LogP contribution < -0.4 is 5.32 Å². The Balaban J connectivity index is 2.03. The molecule has 0 saturated carbocycles. The number of anilines is 1. The minimum atomic E-state index is -0.986. The number of aliphatic carboxylic acids is 1. The highest BCUT2D eigenvalue weighted by Gasteiger charge is 2.09. The van der Waals surface area contributed by atoms with E-state index in [4.69, 9.17) is 5.11 Å². The number of hydrogen-bond acceptors (Lipinski definition) is 3. The topological polar surface area (TPSA) is 84.2 Å². The number of carboxylic acid groups (broad SMARTS) is 1. The molecule has 21 heavy (non-hydrogen) atoms. The summed E-state index contributed by atoms with van der Waals surface area (Å²) in [6.45, 7) is 3.94. The molecule has 0 bridgehead atoms. The van der Waals surface area contributed by atoms with Gasteiger partial charge in [-0.05, 0) is 23.6 Å². The summed E-state index contributed by atoms with van der Waals surface area (Å²) in [6.07, 6.45) is 2.90. The number of aromatic nitrogens is 2. The average molecular weight is 287 g/mol. The maximum Gasteiger partial charge on any atom is 0.325 e. The molecule has 2 rings (SSSR count). The predicted octanol–water partition coefficient (Wildman–Crippen LogP) is 2.34. The third kappa shape index (κ3) is 3.92. The van der Waals surface area contributed by atoms with Gasteiger partial charge in [-0.25, -0.2) is 0 Å². The van der Waals surface area contributed by atoms with Gasteiger partial charge in [0.15, 0.2) is 0 Å². The third-order valence-electron chi connectivity index (χ3n) is 3.03. The predicted molar refractivity (Wildman–Crippen MR) is 78.3 cm³/mol. The average Bonchev–Trinajstić information content (AvgIpc) is 2.85. The van der Waals surface area contributed by atoms with Crippen molar-refractivity contribution in [3.05, 3.63) is 47.8 Å². The molecule has 110 valence electrons. The molecule has 0 unspecified atom stereocenters. The summed E-state index contributed by atoms with van der Waals surface area (Å²) >= 11 is 0. The van der Waals surface area contributed by atoms with Crippen molar-refractivity contribution in [2.75, 3.05) is 5.32 Å². The summed E-state index contributed by atoms with van der Waals surface area (Å²) in [5.74, 6) is -0.822. The number of hydrogen-bond donors (Lipinski definition) is 2. The Labute approximate surface area is 122 Å². The van der Waals surface area contributed by atoms with Gasteiger partial charge in [-0.1, -0.05) is 26.0 Å². The summed E-state index contributed by atoms with van der Waals surface area (Å²) in [6, 6.07) is 7.39. The molecule has 0 saturated heterocycles. The van der Waals surface area contributed by atoms with Crippen molar-refractivity contribution in [1.29, 1.82) is 0 Å². The van der Waals surface area contributed by atoms with Crippen LogP contribution in [0.3, 0.4) is 0 Å². The number of benzene rings is 1. The lowest BCUT2D eigenvalue weighted by molar-refractivity contribution is -0.137. The van der Waals surface area contributed by atoms with Crippen LogP contribution in [-0.4, -0.2) is 26.8 Å². The first-order valence-electron chi connectivity index (χ1n) is 6.61. The molecule has 6 nitrogen and oxygen atoms in total.